The van der Waals surface area contributed by atoms with Gasteiger partial charge in [-0.05, 0) is 35.2 Å². The molecule has 7 heteroatoms. The Hall–Kier alpha value is -2.51. The Kier molecular flexibility index (Phi) is 5.20. The largest absolute Gasteiger partial charge is 0.275 e. The van der Waals surface area contributed by atoms with Gasteiger partial charge < -0.3 is 0 Å². The van der Waals surface area contributed by atoms with Crippen LogP contribution in [0.1, 0.15) is 30.9 Å². The first-order chi connectivity index (χ1) is 12.3. The van der Waals surface area contributed by atoms with Gasteiger partial charge in [0.2, 0.25) is 10.0 Å². The standard InChI is InChI=1S/C19H22N4O2S/c1-14(2)16-4-6-19(7-5-16)26(24,25)22-10-15-8-17(11-20-9-15)18-12-21-23(3)13-18/h4-9,11-14,22H,10H2,1-3H3. The summed E-state index contributed by atoms with van der Waals surface area (Å²) in [6, 6.07) is 8.89. The van der Waals surface area contributed by atoms with E-state index in [9.17, 15) is 8.42 Å². The molecular weight excluding hydrogens is 348 g/mol. The van der Waals surface area contributed by atoms with Gasteiger partial charge in [0.05, 0.1) is 11.1 Å². The fraction of sp³-hybridized carbons (Fsp3) is 0.263. The average molecular weight is 370 g/mol. The maximum absolute atomic E-state index is 12.5. The Morgan fingerprint density at radius 3 is 2.42 bits per heavy atom. The third-order valence-corrected chi connectivity index (χ3v) is 5.57. The highest BCUT2D eigenvalue weighted by molar-refractivity contribution is 7.89. The van der Waals surface area contributed by atoms with E-state index in [1.54, 1.807) is 35.4 Å². The predicted molar refractivity (Wildman–Crippen MR) is 101 cm³/mol. The van der Waals surface area contributed by atoms with E-state index in [1.807, 2.05) is 31.4 Å². The Labute approximate surface area is 154 Å². The quantitative estimate of drug-likeness (QED) is 0.723. The molecule has 26 heavy (non-hydrogen) atoms. The van der Waals surface area contributed by atoms with E-state index in [4.69, 9.17) is 0 Å². The zero-order valence-electron chi connectivity index (χ0n) is 15.0. The van der Waals surface area contributed by atoms with Crippen LogP contribution in [0.25, 0.3) is 11.1 Å². The minimum Gasteiger partial charge on any atom is -0.275 e. The number of sulfonamides is 1. The molecule has 0 fully saturated rings. The lowest BCUT2D eigenvalue weighted by atomic mass is 10.0. The topological polar surface area (TPSA) is 76.9 Å². The van der Waals surface area contributed by atoms with Crippen LogP contribution in [0.4, 0.5) is 0 Å². The number of nitrogens with zero attached hydrogens (tertiary/aromatic N) is 3. The second-order valence-corrected chi connectivity index (χ2v) is 8.30. The lowest BCUT2D eigenvalue weighted by Crippen LogP contribution is -2.23. The lowest BCUT2D eigenvalue weighted by Gasteiger charge is -2.09. The van der Waals surface area contributed by atoms with Crippen molar-refractivity contribution in [2.24, 2.45) is 7.05 Å². The van der Waals surface area contributed by atoms with Crippen LogP contribution < -0.4 is 4.72 Å². The molecule has 2 aromatic heterocycles. The van der Waals surface area contributed by atoms with Crippen molar-refractivity contribution in [1.29, 1.82) is 0 Å². The molecule has 0 saturated heterocycles. The summed E-state index contributed by atoms with van der Waals surface area (Å²) in [7, 11) is -1.72. The van der Waals surface area contributed by atoms with Crippen LogP contribution in [0.3, 0.4) is 0 Å². The Morgan fingerprint density at radius 1 is 1.08 bits per heavy atom. The minimum atomic E-state index is -3.57. The first-order valence-corrected chi connectivity index (χ1v) is 9.86. The molecule has 6 nitrogen and oxygen atoms in total. The normalized spacial score (nSPS) is 11.8. The Balaban J connectivity index is 1.73. The number of pyridine rings is 1. The summed E-state index contributed by atoms with van der Waals surface area (Å²) in [5.74, 6) is 0.362. The van der Waals surface area contributed by atoms with Gasteiger partial charge >= 0.3 is 0 Å². The van der Waals surface area contributed by atoms with Crippen molar-refractivity contribution >= 4 is 10.0 Å². The number of benzene rings is 1. The molecule has 0 saturated carbocycles. The molecule has 3 rings (SSSR count). The van der Waals surface area contributed by atoms with Crippen molar-refractivity contribution in [3.63, 3.8) is 0 Å². The van der Waals surface area contributed by atoms with Crippen molar-refractivity contribution < 1.29 is 8.42 Å². The first kappa shape index (κ1) is 18.3. The molecule has 0 atom stereocenters. The van der Waals surface area contributed by atoms with E-state index in [0.29, 0.717) is 5.92 Å². The molecule has 1 N–H and O–H groups in total. The number of aryl methyl sites for hydroxylation is 1. The van der Waals surface area contributed by atoms with Crippen LogP contribution in [-0.4, -0.2) is 23.2 Å². The minimum absolute atomic E-state index is 0.176. The van der Waals surface area contributed by atoms with Gasteiger partial charge in [0.1, 0.15) is 0 Å². The average Bonchev–Trinajstić information content (AvgIpc) is 3.07. The van der Waals surface area contributed by atoms with Crippen molar-refractivity contribution in [3.05, 3.63) is 66.2 Å². The second kappa shape index (κ2) is 7.39. The molecule has 136 valence electrons. The Morgan fingerprint density at radius 2 is 1.81 bits per heavy atom. The van der Waals surface area contributed by atoms with Gasteiger partial charge in [0.25, 0.3) is 0 Å². The smallest absolute Gasteiger partial charge is 0.240 e. The highest BCUT2D eigenvalue weighted by Gasteiger charge is 2.14. The van der Waals surface area contributed by atoms with E-state index in [-0.39, 0.29) is 11.4 Å². The molecule has 0 aliphatic carbocycles. The third kappa shape index (κ3) is 4.17. The van der Waals surface area contributed by atoms with Gasteiger partial charge in [-0.1, -0.05) is 26.0 Å². The second-order valence-electron chi connectivity index (χ2n) is 6.53. The van der Waals surface area contributed by atoms with Crippen LogP contribution in [0.15, 0.2) is 60.0 Å². The summed E-state index contributed by atoms with van der Waals surface area (Å²) in [5, 5.41) is 4.14. The zero-order chi connectivity index (χ0) is 18.7. The number of rotatable bonds is 6. The summed E-state index contributed by atoms with van der Waals surface area (Å²) >= 11 is 0. The fourth-order valence-electron chi connectivity index (χ4n) is 2.61. The molecule has 0 radical (unpaired) electrons. The molecule has 0 bridgehead atoms. The van der Waals surface area contributed by atoms with E-state index in [2.05, 4.69) is 28.7 Å². The maximum atomic E-state index is 12.5. The van der Waals surface area contributed by atoms with Crippen LogP contribution in [0.2, 0.25) is 0 Å². The highest BCUT2D eigenvalue weighted by Crippen LogP contribution is 2.20. The molecule has 1 aromatic carbocycles. The van der Waals surface area contributed by atoms with Crippen LogP contribution >= 0.6 is 0 Å². The van der Waals surface area contributed by atoms with E-state index in [1.165, 1.54) is 0 Å². The van der Waals surface area contributed by atoms with Crippen molar-refractivity contribution in [1.82, 2.24) is 19.5 Å². The van der Waals surface area contributed by atoms with Gasteiger partial charge in [0.15, 0.2) is 0 Å². The van der Waals surface area contributed by atoms with Crippen molar-refractivity contribution in [3.8, 4) is 11.1 Å². The van der Waals surface area contributed by atoms with Crippen molar-refractivity contribution in [2.75, 3.05) is 0 Å². The summed E-state index contributed by atoms with van der Waals surface area (Å²) in [6.07, 6.45) is 7.03. The van der Waals surface area contributed by atoms with Crippen molar-refractivity contribution in [2.45, 2.75) is 31.2 Å². The zero-order valence-corrected chi connectivity index (χ0v) is 15.9. The first-order valence-electron chi connectivity index (χ1n) is 8.38. The van der Waals surface area contributed by atoms with Crippen LogP contribution in [-0.2, 0) is 23.6 Å². The predicted octanol–water partition coefficient (Wildman–Crippen LogP) is 3.08. The molecule has 0 unspecified atom stereocenters. The molecule has 2 heterocycles. The molecule has 3 aromatic rings. The molecule has 0 aliphatic heterocycles. The number of nitrogens with one attached hydrogen (secondary N) is 1. The lowest BCUT2D eigenvalue weighted by molar-refractivity contribution is 0.581. The summed E-state index contributed by atoms with van der Waals surface area (Å²) in [5.41, 5.74) is 3.73. The third-order valence-electron chi connectivity index (χ3n) is 4.16. The highest BCUT2D eigenvalue weighted by atomic mass is 32.2. The molecule has 0 aliphatic rings. The number of hydrogen-bond donors (Lipinski definition) is 1. The van der Waals surface area contributed by atoms with E-state index < -0.39 is 10.0 Å². The van der Waals surface area contributed by atoms with Gasteiger partial charge in [-0.25, -0.2) is 13.1 Å². The molecular formula is C19H22N4O2S. The van der Waals surface area contributed by atoms with Gasteiger partial charge in [-0.2, -0.15) is 5.10 Å². The van der Waals surface area contributed by atoms with Gasteiger partial charge in [-0.3, -0.25) is 9.67 Å². The fourth-order valence-corrected chi connectivity index (χ4v) is 3.62. The monoisotopic (exact) mass is 370 g/mol. The number of aromatic nitrogens is 3. The Bertz CT molecular complexity index is 992. The summed E-state index contributed by atoms with van der Waals surface area (Å²) < 4.78 is 29.3. The van der Waals surface area contributed by atoms with Crippen LogP contribution in [0, 0.1) is 0 Å². The SMILES string of the molecule is CC(C)c1ccc(S(=O)(=O)NCc2cncc(-c3cnn(C)c3)c2)cc1. The van der Waals surface area contributed by atoms with E-state index in [0.717, 1.165) is 22.3 Å². The van der Waals surface area contributed by atoms with Gasteiger partial charge in [0, 0.05) is 43.3 Å². The van der Waals surface area contributed by atoms with Gasteiger partial charge in [-0.15, -0.1) is 0 Å². The van der Waals surface area contributed by atoms with E-state index >= 15 is 0 Å². The maximum Gasteiger partial charge on any atom is 0.240 e. The summed E-state index contributed by atoms with van der Waals surface area (Å²) in [6.45, 7) is 4.32. The number of hydrogen-bond acceptors (Lipinski definition) is 4. The molecule has 0 spiro atoms. The molecule has 0 amide bonds. The summed E-state index contributed by atoms with van der Waals surface area (Å²) in [4.78, 5) is 4.47. The van der Waals surface area contributed by atoms with Crippen LogP contribution in [0.5, 0.6) is 0 Å².